The van der Waals surface area contributed by atoms with E-state index in [0.717, 1.165) is 34.2 Å². The monoisotopic (exact) mass is 533 g/mol. The van der Waals surface area contributed by atoms with Gasteiger partial charge in [-0.05, 0) is 48.5 Å². The SMILES string of the molecule is [Pt].c1ccc(Cc2cccc(-c3cccc(Cc4ccccn4)n3)n2)nc1. The molecule has 0 fully saturated rings. The minimum absolute atomic E-state index is 0. The predicted octanol–water partition coefficient (Wildman–Crippen LogP) is 4.11. The van der Waals surface area contributed by atoms with E-state index < -0.39 is 0 Å². The third kappa shape index (κ3) is 5.15. The number of rotatable bonds is 5. The summed E-state index contributed by atoms with van der Waals surface area (Å²) in [4.78, 5) is 18.3. The summed E-state index contributed by atoms with van der Waals surface area (Å²) in [6.45, 7) is 0. The topological polar surface area (TPSA) is 51.6 Å². The molecule has 0 saturated carbocycles. The zero-order valence-electron chi connectivity index (χ0n) is 14.6. The maximum atomic E-state index is 4.77. The second kappa shape index (κ2) is 9.29. The molecule has 0 amide bonds. The summed E-state index contributed by atoms with van der Waals surface area (Å²) >= 11 is 0. The van der Waals surface area contributed by atoms with E-state index in [0.29, 0.717) is 12.8 Å². The van der Waals surface area contributed by atoms with Gasteiger partial charge in [-0.1, -0.05) is 24.3 Å². The van der Waals surface area contributed by atoms with Crippen LogP contribution in [0.5, 0.6) is 0 Å². The van der Waals surface area contributed by atoms with Crippen molar-refractivity contribution in [2.75, 3.05) is 0 Å². The zero-order valence-corrected chi connectivity index (χ0v) is 16.9. The van der Waals surface area contributed by atoms with E-state index in [1.807, 2.05) is 85.2 Å². The van der Waals surface area contributed by atoms with Crippen molar-refractivity contribution >= 4 is 0 Å². The summed E-state index contributed by atoms with van der Waals surface area (Å²) in [5.74, 6) is 0. The van der Waals surface area contributed by atoms with Crippen LogP contribution in [0, 0.1) is 0 Å². The van der Waals surface area contributed by atoms with Crippen molar-refractivity contribution in [1.29, 1.82) is 0 Å². The third-order valence-corrected chi connectivity index (χ3v) is 4.05. The summed E-state index contributed by atoms with van der Waals surface area (Å²) in [7, 11) is 0. The van der Waals surface area contributed by atoms with Crippen LogP contribution in [0.1, 0.15) is 22.8 Å². The Labute approximate surface area is 173 Å². The van der Waals surface area contributed by atoms with Crippen LogP contribution in [0.4, 0.5) is 0 Å². The number of nitrogens with zero attached hydrogens (tertiary/aromatic N) is 4. The zero-order chi connectivity index (χ0) is 17.6. The van der Waals surface area contributed by atoms with E-state index in [1.54, 1.807) is 0 Å². The first-order chi connectivity index (χ1) is 12.9. The molecule has 4 heterocycles. The van der Waals surface area contributed by atoms with E-state index in [4.69, 9.17) is 9.97 Å². The quantitative estimate of drug-likeness (QED) is 0.388. The molecule has 0 aliphatic carbocycles. The smallest absolute Gasteiger partial charge is 0.0889 e. The summed E-state index contributed by atoms with van der Waals surface area (Å²) in [6, 6.07) is 23.9. The van der Waals surface area contributed by atoms with Gasteiger partial charge in [0, 0.05) is 69.1 Å². The third-order valence-electron chi connectivity index (χ3n) is 4.05. The first-order valence-electron chi connectivity index (χ1n) is 8.59. The molecule has 0 saturated heterocycles. The first-order valence-corrected chi connectivity index (χ1v) is 8.59. The van der Waals surface area contributed by atoms with Gasteiger partial charge in [0.15, 0.2) is 0 Å². The van der Waals surface area contributed by atoms with Crippen molar-refractivity contribution in [2.24, 2.45) is 0 Å². The Bertz CT molecular complexity index is 908. The molecule has 4 aromatic rings. The molecule has 0 N–H and O–H groups in total. The second-order valence-electron chi connectivity index (χ2n) is 6.02. The predicted molar refractivity (Wildman–Crippen MR) is 102 cm³/mol. The van der Waals surface area contributed by atoms with E-state index in [9.17, 15) is 0 Å². The van der Waals surface area contributed by atoms with E-state index in [-0.39, 0.29) is 21.1 Å². The molecule has 136 valence electrons. The van der Waals surface area contributed by atoms with Crippen LogP contribution >= 0.6 is 0 Å². The Kier molecular flexibility index (Phi) is 6.56. The van der Waals surface area contributed by atoms with Crippen LogP contribution in [-0.2, 0) is 33.9 Å². The molecule has 0 unspecified atom stereocenters. The first kappa shape index (κ1) is 19.1. The van der Waals surface area contributed by atoms with Crippen LogP contribution in [0.3, 0.4) is 0 Å². The molecule has 0 bridgehead atoms. The van der Waals surface area contributed by atoms with Gasteiger partial charge in [-0.25, -0.2) is 0 Å². The van der Waals surface area contributed by atoms with E-state index >= 15 is 0 Å². The van der Waals surface area contributed by atoms with Crippen molar-refractivity contribution in [3.63, 3.8) is 0 Å². The van der Waals surface area contributed by atoms with Gasteiger partial charge in [-0.15, -0.1) is 0 Å². The average molecular weight is 533 g/mol. The fourth-order valence-electron chi connectivity index (χ4n) is 2.82. The largest absolute Gasteiger partial charge is 0.261 e. The van der Waals surface area contributed by atoms with Crippen molar-refractivity contribution in [3.05, 3.63) is 108 Å². The van der Waals surface area contributed by atoms with Gasteiger partial charge < -0.3 is 0 Å². The average Bonchev–Trinajstić information content (AvgIpc) is 2.70. The number of hydrogen-bond acceptors (Lipinski definition) is 4. The molecule has 0 radical (unpaired) electrons. The Morgan fingerprint density at radius 1 is 0.481 bits per heavy atom. The Balaban J connectivity index is 0.00000210. The van der Waals surface area contributed by atoms with Gasteiger partial charge in [-0.3, -0.25) is 19.9 Å². The van der Waals surface area contributed by atoms with E-state index in [1.165, 1.54) is 0 Å². The Hall–Kier alpha value is -2.71. The molecule has 4 rings (SSSR count). The molecule has 5 heteroatoms. The summed E-state index contributed by atoms with van der Waals surface area (Å²) in [5, 5.41) is 0. The van der Waals surface area contributed by atoms with Crippen molar-refractivity contribution in [3.8, 4) is 11.4 Å². The van der Waals surface area contributed by atoms with Crippen LogP contribution < -0.4 is 0 Å². The molecule has 0 atom stereocenters. The number of hydrogen-bond donors (Lipinski definition) is 0. The Morgan fingerprint density at radius 3 is 1.33 bits per heavy atom. The summed E-state index contributed by atoms with van der Waals surface area (Å²) in [5.41, 5.74) is 5.74. The van der Waals surface area contributed by atoms with Crippen LogP contribution in [-0.4, -0.2) is 19.9 Å². The number of pyridine rings is 4. The molecule has 0 aromatic carbocycles. The fourth-order valence-corrected chi connectivity index (χ4v) is 2.82. The summed E-state index contributed by atoms with van der Waals surface area (Å²) in [6.07, 6.45) is 5.04. The molecule has 0 spiro atoms. The maximum absolute atomic E-state index is 4.77. The standard InChI is InChI=1S/C22H18N4.Pt/c1-3-13-23-17(7-1)15-19-9-5-11-21(25-19)22-12-6-10-20(26-22)16-18-8-2-4-14-24-18;/h1-14H,15-16H2;. The van der Waals surface area contributed by atoms with Gasteiger partial charge in [0.25, 0.3) is 0 Å². The van der Waals surface area contributed by atoms with Crippen molar-refractivity contribution < 1.29 is 21.1 Å². The normalized spacial score (nSPS) is 10.2. The molecule has 0 aliphatic heterocycles. The van der Waals surface area contributed by atoms with Gasteiger partial charge in [0.2, 0.25) is 0 Å². The van der Waals surface area contributed by atoms with Gasteiger partial charge >= 0.3 is 0 Å². The van der Waals surface area contributed by atoms with Crippen LogP contribution in [0.2, 0.25) is 0 Å². The summed E-state index contributed by atoms with van der Waals surface area (Å²) < 4.78 is 0. The Morgan fingerprint density at radius 2 is 0.926 bits per heavy atom. The van der Waals surface area contributed by atoms with Crippen LogP contribution in [0.15, 0.2) is 85.2 Å². The van der Waals surface area contributed by atoms with Crippen molar-refractivity contribution in [1.82, 2.24) is 19.9 Å². The molecule has 4 aromatic heterocycles. The molecular formula is C22H18N4Pt. The maximum Gasteiger partial charge on any atom is 0.0889 e. The minimum Gasteiger partial charge on any atom is -0.261 e. The van der Waals surface area contributed by atoms with E-state index in [2.05, 4.69) is 9.97 Å². The molecular weight excluding hydrogens is 515 g/mol. The fraction of sp³-hybridized carbons (Fsp3) is 0.0909. The minimum atomic E-state index is 0. The second-order valence-corrected chi connectivity index (χ2v) is 6.02. The van der Waals surface area contributed by atoms with Crippen LogP contribution in [0.25, 0.3) is 11.4 Å². The molecule has 0 aliphatic rings. The van der Waals surface area contributed by atoms with Crippen molar-refractivity contribution in [2.45, 2.75) is 12.8 Å². The van der Waals surface area contributed by atoms with Gasteiger partial charge in [-0.2, -0.15) is 0 Å². The molecule has 4 nitrogen and oxygen atoms in total. The van der Waals surface area contributed by atoms with Gasteiger partial charge in [0.05, 0.1) is 11.4 Å². The number of aromatic nitrogens is 4. The van der Waals surface area contributed by atoms with Gasteiger partial charge in [0.1, 0.15) is 0 Å². The molecule has 27 heavy (non-hydrogen) atoms.